The Hall–Kier alpha value is -3.00. The summed E-state index contributed by atoms with van der Waals surface area (Å²) >= 11 is 0. The van der Waals surface area contributed by atoms with Gasteiger partial charge in [0.1, 0.15) is 11.5 Å². The number of hydrogen-bond acceptors (Lipinski definition) is 4. The van der Waals surface area contributed by atoms with E-state index in [1.54, 1.807) is 15.5 Å². The summed E-state index contributed by atoms with van der Waals surface area (Å²) in [5, 5.41) is 2.67. The largest absolute Gasteiger partial charge is 0.384 e. The van der Waals surface area contributed by atoms with Crippen LogP contribution in [0.3, 0.4) is 0 Å². The van der Waals surface area contributed by atoms with Crippen molar-refractivity contribution in [3.8, 4) is 0 Å². The Balaban J connectivity index is 1.53. The SMILES string of the molecule is COCCC(=O)Nc1ccc2n(c1=O)C[C@H]1C[C@@H]2CN(C(=O)c2ccc(F)cc2)C1. The molecule has 1 fully saturated rings. The molecule has 8 heteroatoms. The van der Waals surface area contributed by atoms with E-state index in [0.29, 0.717) is 31.8 Å². The summed E-state index contributed by atoms with van der Waals surface area (Å²) in [6.07, 6.45) is 1.09. The van der Waals surface area contributed by atoms with Crippen LogP contribution in [0.2, 0.25) is 0 Å². The molecule has 0 aliphatic carbocycles. The molecule has 2 bridgehead atoms. The Labute approximate surface area is 173 Å². The number of hydrogen-bond donors (Lipinski definition) is 1. The number of likely N-dealkylation sites (tertiary alicyclic amines) is 1. The van der Waals surface area contributed by atoms with E-state index in [-0.39, 0.29) is 47.1 Å². The van der Waals surface area contributed by atoms with Gasteiger partial charge in [0, 0.05) is 43.9 Å². The van der Waals surface area contributed by atoms with Crippen LogP contribution in [-0.2, 0) is 16.1 Å². The van der Waals surface area contributed by atoms with Gasteiger partial charge in [-0.15, -0.1) is 0 Å². The van der Waals surface area contributed by atoms with Gasteiger partial charge in [-0.3, -0.25) is 14.4 Å². The van der Waals surface area contributed by atoms with Crippen LogP contribution in [0, 0.1) is 11.7 Å². The third-order valence-electron chi connectivity index (χ3n) is 5.79. The molecule has 0 saturated carbocycles. The van der Waals surface area contributed by atoms with Crippen LogP contribution in [0.1, 0.15) is 34.8 Å². The van der Waals surface area contributed by atoms with E-state index >= 15 is 0 Å². The Morgan fingerprint density at radius 2 is 1.90 bits per heavy atom. The number of methoxy groups -OCH3 is 1. The number of anilines is 1. The standard InChI is InChI=1S/C22H24FN3O4/c1-30-9-8-20(27)24-18-6-7-19-16-10-14(12-26(19)22(18)29)11-25(13-16)21(28)15-2-4-17(23)5-3-15/h2-7,14,16H,8-13H2,1H3,(H,24,27)/t14-,16+/m0/s1. The van der Waals surface area contributed by atoms with Crippen molar-refractivity contribution in [2.45, 2.75) is 25.3 Å². The van der Waals surface area contributed by atoms with Gasteiger partial charge in [-0.2, -0.15) is 0 Å². The fraction of sp³-hybridized carbons (Fsp3) is 0.409. The van der Waals surface area contributed by atoms with Crippen molar-refractivity contribution in [2.75, 3.05) is 32.1 Å². The summed E-state index contributed by atoms with van der Waals surface area (Å²) in [4.78, 5) is 39.5. The first-order valence-electron chi connectivity index (χ1n) is 10.0. The molecule has 0 radical (unpaired) electrons. The van der Waals surface area contributed by atoms with Crippen LogP contribution in [-0.4, -0.2) is 48.1 Å². The molecular formula is C22H24FN3O4. The molecule has 158 valence electrons. The third-order valence-corrected chi connectivity index (χ3v) is 5.79. The van der Waals surface area contributed by atoms with Gasteiger partial charge in [-0.25, -0.2) is 4.39 Å². The number of ether oxygens (including phenoxy) is 1. The lowest BCUT2D eigenvalue weighted by molar-refractivity contribution is -0.117. The lowest BCUT2D eigenvalue weighted by Gasteiger charge is -2.43. The van der Waals surface area contributed by atoms with E-state index in [0.717, 1.165) is 12.1 Å². The van der Waals surface area contributed by atoms with Crippen molar-refractivity contribution >= 4 is 17.5 Å². The summed E-state index contributed by atoms with van der Waals surface area (Å²) in [6, 6.07) is 9.07. The number of benzene rings is 1. The molecule has 2 aliphatic heterocycles. The van der Waals surface area contributed by atoms with E-state index in [1.165, 1.54) is 31.4 Å². The number of nitrogens with zero attached hydrogens (tertiary/aromatic N) is 2. The van der Waals surface area contributed by atoms with Crippen LogP contribution in [0.5, 0.6) is 0 Å². The van der Waals surface area contributed by atoms with Gasteiger partial charge in [-0.05, 0) is 48.7 Å². The highest BCUT2D eigenvalue weighted by Crippen LogP contribution is 2.36. The second-order valence-electron chi connectivity index (χ2n) is 7.89. The van der Waals surface area contributed by atoms with Gasteiger partial charge in [0.25, 0.3) is 11.5 Å². The quantitative estimate of drug-likeness (QED) is 0.815. The van der Waals surface area contributed by atoms with Crippen molar-refractivity contribution in [1.82, 2.24) is 9.47 Å². The number of fused-ring (bicyclic) bond motifs is 4. The van der Waals surface area contributed by atoms with Gasteiger partial charge in [0.2, 0.25) is 5.91 Å². The molecule has 4 rings (SSSR count). The maximum absolute atomic E-state index is 13.2. The highest BCUT2D eigenvalue weighted by Gasteiger charge is 2.37. The second kappa shape index (κ2) is 8.39. The maximum atomic E-state index is 13.2. The first-order chi connectivity index (χ1) is 14.5. The molecule has 30 heavy (non-hydrogen) atoms. The average molecular weight is 413 g/mol. The van der Waals surface area contributed by atoms with Crippen molar-refractivity contribution in [2.24, 2.45) is 5.92 Å². The summed E-state index contributed by atoms with van der Waals surface area (Å²) in [7, 11) is 1.52. The number of aromatic nitrogens is 1. The summed E-state index contributed by atoms with van der Waals surface area (Å²) in [6.45, 7) is 1.84. The molecule has 0 spiro atoms. The van der Waals surface area contributed by atoms with E-state index in [1.807, 2.05) is 6.07 Å². The Morgan fingerprint density at radius 3 is 2.63 bits per heavy atom. The maximum Gasteiger partial charge on any atom is 0.274 e. The Morgan fingerprint density at radius 1 is 1.13 bits per heavy atom. The number of pyridine rings is 1. The molecular weight excluding hydrogens is 389 g/mol. The Bertz CT molecular complexity index is 1020. The van der Waals surface area contributed by atoms with Gasteiger partial charge in [0.05, 0.1) is 13.0 Å². The zero-order valence-electron chi connectivity index (χ0n) is 16.8. The molecule has 3 heterocycles. The van der Waals surface area contributed by atoms with E-state index < -0.39 is 0 Å². The van der Waals surface area contributed by atoms with Gasteiger partial charge < -0.3 is 19.5 Å². The Kier molecular flexibility index (Phi) is 5.67. The molecule has 2 aromatic rings. The first kappa shape index (κ1) is 20.3. The molecule has 1 saturated heterocycles. The number of piperidine rings is 1. The topological polar surface area (TPSA) is 80.6 Å². The number of carbonyl (C=O) groups excluding carboxylic acids is 2. The van der Waals surface area contributed by atoms with Crippen molar-refractivity contribution in [3.63, 3.8) is 0 Å². The summed E-state index contributed by atoms with van der Waals surface area (Å²) < 4.78 is 19.8. The van der Waals surface area contributed by atoms with E-state index in [4.69, 9.17) is 4.74 Å². The predicted octanol–water partition coefficient (Wildman–Crippen LogP) is 2.22. The average Bonchev–Trinajstić information content (AvgIpc) is 2.74. The smallest absolute Gasteiger partial charge is 0.274 e. The minimum atomic E-state index is -0.375. The zero-order valence-corrected chi connectivity index (χ0v) is 16.8. The zero-order chi connectivity index (χ0) is 21.3. The molecule has 1 N–H and O–H groups in total. The summed E-state index contributed by atoms with van der Waals surface area (Å²) in [5.41, 5.74) is 1.39. The van der Waals surface area contributed by atoms with Crippen LogP contribution in [0.4, 0.5) is 10.1 Å². The molecule has 1 aromatic heterocycles. The molecule has 1 aromatic carbocycles. The van der Waals surface area contributed by atoms with E-state index in [9.17, 15) is 18.8 Å². The second-order valence-corrected chi connectivity index (χ2v) is 7.89. The van der Waals surface area contributed by atoms with Crippen molar-refractivity contribution < 1.29 is 18.7 Å². The third kappa shape index (κ3) is 4.00. The lowest BCUT2D eigenvalue weighted by atomic mass is 9.83. The monoisotopic (exact) mass is 413 g/mol. The first-order valence-corrected chi connectivity index (χ1v) is 10.0. The van der Waals surface area contributed by atoms with Crippen molar-refractivity contribution in [1.29, 1.82) is 0 Å². The van der Waals surface area contributed by atoms with Crippen LogP contribution in [0.15, 0.2) is 41.2 Å². The molecule has 2 aliphatic rings. The summed E-state index contributed by atoms with van der Waals surface area (Å²) in [5.74, 6) is -0.560. The number of carbonyl (C=O) groups is 2. The minimum Gasteiger partial charge on any atom is -0.384 e. The minimum absolute atomic E-state index is 0.0489. The number of nitrogens with one attached hydrogen (secondary N) is 1. The van der Waals surface area contributed by atoms with Crippen LogP contribution < -0.4 is 10.9 Å². The van der Waals surface area contributed by atoms with Gasteiger partial charge >= 0.3 is 0 Å². The van der Waals surface area contributed by atoms with E-state index in [2.05, 4.69) is 5.32 Å². The number of halogens is 1. The molecule has 2 atom stereocenters. The lowest BCUT2D eigenvalue weighted by Crippen LogP contribution is -2.49. The van der Waals surface area contributed by atoms with Crippen molar-refractivity contribution in [3.05, 3.63) is 63.8 Å². The molecule has 0 unspecified atom stereocenters. The highest BCUT2D eigenvalue weighted by molar-refractivity contribution is 5.94. The predicted molar refractivity (Wildman–Crippen MR) is 109 cm³/mol. The fourth-order valence-corrected chi connectivity index (χ4v) is 4.39. The normalized spacial score (nSPS) is 19.9. The fourth-order valence-electron chi connectivity index (χ4n) is 4.39. The molecule has 2 amide bonds. The number of amides is 2. The van der Waals surface area contributed by atoms with Crippen LogP contribution in [0.25, 0.3) is 0 Å². The van der Waals surface area contributed by atoms with Gasteiger partial charge in [-0.1, -0.05) is 0 Å². The van der Waals surface area contributed by atoms with Gasteiger partial charge in [0.15, 0.2) is 0 Å². The van der Waals surface area contributed by atoms with Crippen LogP contribution >= 0.6 is 0 Å². The number of rotatable bonds is 5. The highest BCUT2D eigenvalue weighted by atomic mass is 19.1. The molecule has 7 nitrogen and oxygen atoms in total.